The largest absolute Gasteiger partial charge is 0.494 e. The van der Waals surface area contributed by atoms with Gasteiger partial charge in [0.2, 0.25) is 0 Å². The van der Waals surface area contributed by atoms with Crippen molar-refractivity contribution in [2.45, 2.75) is 37.6 Å². The molecule has 2 aromatic heterocycles. The summed E-state index contributed by atoms with van der Waals surface area (Å²) in [6, 6.07) is 7.51. The molecule has 1 aliphatic rings. The zero-order valence-corrected chi connectivity index (χ0v) is 17.1. The van der Waals surface area contributed by atoms with E-state index in [0.717, 1.165) is 45.1 Å². The molecule has 3 nitrogen and oxygen atoms in total. The Morgan fingerprint density at radius 2 is 2.12 bits per heavy atom. The number of rotatable bonds is 6. The molecule has 1 atom stereocenters. The van der Waals surface area contributed by atoms with Crippen LogP contribution in [-0.2, 0) is 12.8 Å². The third kappa shape index (κ3) is 4.00. The molecule has 1 aromatic carbocycles. The Morgan fingerprint density at radius 3 is 2.96 bits per heavy atom. The maximum absolute atomic E-state index is 5.89. The first-order valence-electron chi connectivity index (χ1n) is 8.97. The molecule has 6 heteroatoms. The van der Waals surface area contributed by atoms with Crippen molar-refractivity contribution < 1.29 is 4.74 Å². The van der Waals surface area contributed by atoms with E-state index in [1.165, 1.54) is 28.7 Å². The number of hydrogen-bond acceptors (Lipinski definition) is 5. The van der Waals surface area contributed by atoms with E-state index in [2.05, 4.69) is 16.9 Å². The van der Waals surface area contributed by atoms with E-state index < -0.39 is 0 Å². The third-order valence-electron chi connectivity index (χ3n) is 4.67. The SMILES string of the molecule is C[C@@H]1CCc2c(sc3ncnc(SCCCOc4ccc(Cl)cc4)c23)C1. The second-order valence-corrected chi connectivity index (χ2v) is 9.32. The molecule has 1 aliphatic carbocycles. The number of aromatic nitrogens is 2. The zero-order valence-electron chi connectivity index (χ0n) is 14.7. The van der Waals surface area contributed by atoms with Crippen molar-refractivity contribution in [2.24, 2.45) is 5.92 Å². The van der Waals surface area contributed by atoms with E-state index in [1.54, 1.807) is 6.33 Å². The number of halogens is 1. The van der Waals surface area contributed by atoms with Crippen LogP contribution in [0.15, 0.2) is 35.6 Å². The quantitative estimate of drug-likeness (QED) is 0.285. The molecule has 0 saturated heterocycles. The normalized spacial score (nSPS) is 16.6. The summed E-state index contributed by atoms with van der Waals surface area (Å²) in [6.07, 6.45) is 6.31. The first-order chi connectivity index (χ1) is 12.7. The van der Waals surface area contributed by atoms with E-state index in [4.69, 9.17) is 16.3 Å². The Kier molecular flexibility index (Phi) is 5.67. The Balaban J connectivity index is 1.37. The van der Waals surface area contributed by atoms with Gasteiger partial charge < -0.3 is 4.74 Å². The lowest BCUT2D eigenvalue weighted by Crippen LogP contribution is -2.08. The van der Waals surface area contributed by atoms with Crippen molar-refractivity contribution in [3.8, 4) is 5.75 Å². The Morgan fingerprint density at radius 1 is 1.27 bits per heavy atom. The average Bonchev–Trinajstić information content (AvgIpc) is 3.01. The highest BCUT2D eigenvalue weighted by atomic mass is 35.5. The fourth-order valence-corrected chi connectivity index (χ4v) is 5.79. The molecule has 2 heterocycles. The minimum atomic E-state index is 0.697. The van der Waals surface area contributed by atoms with Crippen molar-refractivity contribution in [3.05, 3.63) is 46.1 Å². The molecule has 3 aromatic rings. The summed E-state index contributed by atoms with van der Waals surface area (Å²) in [5.74, 6) is 2.63. The number of hydrogen-bond donors (Lipinski definition) is 0. The summed E-state index contributed by atoms with van der Waals surface area (Å²) >= 11 is 9.57. The molecular formula is C20H21ClN2OS2. The summed E-state index contributed by atoms with van der Waals surface area (Å²) in [6.45, 7) is 3.04. The van der Waals surface area contributed by atoms with Gasteiger partial charge in [0.15, 0.2) is 0 Å². The highest BCUT2D eigenvalue weighted by Gasteiger charge is 2.23. The predicted octanol–water partition coefficient (Wildman–Crippen LogP) is 6.03. The second-order valence-electron chi connectivity index (χ2n) is 6.72. The molecular weight excluding hydrogens is 384 g/mol. The van der Waals surface area contributed by atoms with Crippen molar-refractivity contribution in [2.75, 3.05) is 12.4 Å². The number of thioether (sulfide) groups is 1. The fourth-order valence-electron chi connectivity index (χ4n) is 3.30. The van der Waals surface area contributed by atoms with Crippen LogP contribution < -0.4 is 4.74 Å². The molecule has 0 fully saturated rings. The lowest BCUT2D eigenvalue weighted by Gasteiger charge is -2.18. The summed E-state index contributed by atoms with van der Waals surface area (Å²) in [5.41, 5.74) is 1.50. The van der Waals surface area contributed by atoms with Crippen LogP contribution in [0.5, 0.6) is 5.75 Å². The first kappa shape index (κ1) is 18.1. The van der Waals surface area contributed by atoms with Gasteiger partial charge >= 0.3 is 0 Å². The van der Waals surface area contributed by atoms with Gasteiger partial charge in [-0.1, -0.05) is 18.5 Å². The predicted molar refractivity (Wildman–Crippen MR) is 111 cm³/mol. The standard InChI is InChI=1S/C20H21ClN2OS2/c1-13-3-8-16-17(11-13)26-20-18(16)19(22-12-23-20)25-10-2-9-24-15-6-4-14(21)5-7-15/h4-7,12-13H,2-3,8-11H2,1H3/t13-/m1/s1. The van der Waals surface area contributed by atoms with Gasteiger partial charge in [0, 0.05) is 21.0 Å². The van der Waals surface area contributed by atoms with Gasteiger partial charge in [-0.3, -0.25) is 0 Å². The number of nitrogens with zero attached hydrogens (tertiary/aromatic N) is 2. The van der Waals surface area contributed by atoms with Crippen LogP contribution in [-0.4, -0.2) is 22.3 Å². The topological polar surface area (TPSA) is 35.0 Å². The highest BCUT2D eigenvalue weighted by molar-refractivity contribution is 7.99. The van der Waals surface area contributed by atoms with Gasteiger partial charge in [0.1, 0.15) is 21.9 Å². The van der Waals surface area contributed by atoms with Gasteiger partial charge in [-0.15, -0.1) is 23.1 Å². The van der Waals surface area contributed by atoms with Gasteiger partial charge in [0.05, 0.1) is 6.61 Å². The number of ether oxygens (including phenoxy) is 1. The van der Waals surface area contributed by atoms with Crippen LogP contribution in [0.4, 0.5) is 0 Å². The molecule has 4 rings (SSSR count). The van der Waals surface area contributed by atoms with Crippen LogP contribution in [0.3, 0.4) is 0 Å². The molecule has 0 spiro atoms. The summed E-state index contributed by atoms with van der Waals surface area (Å²) in [4.78, 5) is 11.8. The lowest BCUT2D eigenvalue weighted by atomic mass is 9.89. The minimum absolute atomic E-state index is 0.697. The first-order valence-corrected chi connectivity index (χ1v) is 11.1. The summed E-state index contributed by atoms with van der Waals surface area (Å²) < 4.78 is 5.77. The Hall–Kier alpha value is -1.30. The van der Waals surface area contributed by atoms with E-state index in [-0.39, 0.29) is 0 Å². The van der Waals surface area contributed by atoms with Crippen molar-refractivity contribution >= 4 is 44.9 Å². The van der Waals surface area contributed by atoms with E-state index in [0.29, 0.717) is 6.61 Å². The molecule has 0 N–H and O–H groups in total. The number of aryl methyl sites for hydroxylation is 1. The Labute approximate surface area is 167 Å². The van der Waals surface area contributed by atoms with Crippen LogP contribution in [0.25, 0.3) is 10.2 Å². The van der Waals surface area contributed by atoms with Crippen LogP contribution >= 0.6 is 34.7 Å². The molecule has 0 radical (unpaired) electrons. The maximum atomic E-state index is 5.89. The number of benzene rings is 1. The Bertz CT molecular complexity index is 895. The number of fused-ring (bicyclic) bond motifs is 3. The van der Waals surface area contributed by atoms with E-state index in [1.807, 2.05) is 47.4 Å². The minimum Gasteiger partial charge on any atom is -0.494 e. The molecule has 0 unspecified atom stereocenters. The van der Waals surface area contributed by atoms with E-state index in [9.17, 15) is 0 Å². The van der Waals surface area contributed by atoms with Gasteiger partial charge in [0.25, 0.3) is 0 Å². The highest BCUT2D eigenvalue weighted by Crippen LogP contribution is 2.40. The van der Waals surface area contributed by atoms with Gasteiger partial charge in [-0.05, 0) is 61.4 Å². The molecule has 26 heavy (non-hydrogen) atoms. The molecule has 0 saturated carbocycles. The van der Waals surface area contributed by atoms with Crippen LogP contribution in [0, 0.1) is 5.92 Å². The third-order valence-corrected chi connectivity index (χ3v) is 7.16. The lowest BCUT2D eigenvalue weighted by molar-refractivity contribution is 0.318. The average molecular weight is 405 g/mol. The smallest absolute Gasteiger partial charge is 0.128 e. The van der Waals surface area contributed by atoms with Gasteiger partial charge in [-0.25, -0.2) is 9.97 Å². The monoisotopic (exact) mass is 404 g/mol. The van der Waals surface area contributed by atoms with Crippen molar-refractivity contribution in [1.82, 2.24) is 9.97 Å². The van der Waals surface area contributed by atoms with Crippen molar-refractivity contribution in [3.63, 3.8) is 0 Å². The summed E-state index contributed by atoms with van der Waals surface area (Å²) in [5, 5.41) is 3.17. The zero-order chi connectivity index (χ0) is 17.9. The summed E-state index contributed by atoms with van der Waals surface area (Å²) in [7, 11) is 0. The fraction of sp³-hybridized carbons (Fsp3) is 0.400. The van der Waals surface area contributed by atoms with Crippen molar-refractivity contribution in [1.29, 1.82) is 0 Å². The molecule has 0 aliphatic heterocycles. The van der Waals surface area contributed by atoms with E-state index >= 15 is 0 Å². The second kappa shape index (κ2) is 8.15. The molecule has 0 amide bonds. The number of thiophene rings is 1. The molecule has 0 bridgehead atoms. The molecule has 136 valence electrons. The maximum Gasteiger partial charge on any atom is 0.128 e. The van der Waals surface area contributed by atoms with Crippen LogP contribution in [0.2, 0.25) is 5.02 Å². The van der Waals surface area contributed by atoms with Gasteiger partial charge in [-0.2, -0.15) is 0 Å². The van der Waals surface area contributed by atoms with Crippen LogP contribution in [0.1, 0.15) is 30.2 Å².